The van der Waals surface area contributed by atoms with Crippen LogP contribution in [0.1, 0.15) is 23.2 Å². The average molecular weight is 333 g/mol. The molecule has 0 saturated carbocycles. The van der Waals surface area contributed by atoms with Crippen molar-refractivity contribution in [3.63, 3.8) is 0 Å². The van der Waals surface area contributed by atoms with Crippen LogP contribution in [0.5, 0.6) is 0 Å². The summed E-state index contributed by atoms with van der Waals surface area (Å²) in [6, 6.07) is 13.4. The molecule has 2 aromatic rings. The third kappa shape index (κ3) is 4.73. The van der Waals surface area contributed by atoms with Crippen molar-refractivity contribution < 1.29 is 0 Å². The van der Waals surface area contributed by atoms with Crippen molar-refractivity contribution in [2.75, 3.05) is 7.05 Å². The van der Waals surface area contributed by atoms with E-state index >= 15 is 0 Å². The van der Waals surface area contributed by atoms with Crippen molar-refractivity contribution in [3.05, 3.63) is 63.9 Å². The highest BCUT2D eigenvalue weighted by Gasteiger charge is 2.08. The van der Waals surface area contributed by atoms with Crippen LogP contribution in [0.3, 0.4) is 0 Å². The van der Waals surface area contributed by atoms with Crippen LogP contribution >= 0.6 is 15.9 Å². The minimum Gasteiger partial charge on any atom is -0.317 e. The average Bonchev–Trinajstić information content (AvgIpc) is 2.45. The number of likely N-dealkylation sites (N-methyl/N-ethyl adjacent to an activating group) is 1. The zero-order valence-corrected chi connectivity index (χ0v) is 13.7. The van der Waals surface area contributed by atoms with E-state index in [2.05, 4.69) is 69.6 Å². The summed E-state index contributed by atoms with van der Waals surface area (Å²) in [5.41, 5.74) is 3.88. The molecule has 1 heterocycles. The molecule has 0 fully saturated rings. The zero-order chi connectivity index (χ0) is 14.4. The van der Waals surface area contributed by atoms with Crippen LogP contribution in [0, 0.1) is 6.92 Å². The van der Waals surface area contributed by atoms with Crippen LogP contribution in [0.4, 0.5) is 0 Å². The second-order valence-corrected chi connectivity index (χ2v) is 6.10. The number of benzene rings is 1. The highest BCUT2D eigenvalue weighted by atomic mass is 79.9. The van der Waals surface area contributed by atoms with Crippen molar-refractivity contribution in [1.82, 2.24) is 10.3 Å². The highest BCUT2D eigenvalue weighted by Crippen LogP contribution is 2.12. The highest BCUT2D eigenvalue weighted by molar-refractivity contribution is 9.10. The first-order valence-corrected chi connectivity index (χ1v) is 7.80. The van der Waals surface area contributed by atoms with E-state index in [1.54, 1.807) is 0 Å². The molecule has 0 aliphatic heterocycles. The fourth-order valence-corrected chi connectivity index (χ4v) is 2.57. The molecule has 1 aromatic heterocycles. The van der Waals surface area contributed by atoms with Gasteiger partial charge in [-0.15, -0.1) is 0 Å². The van der Waals surface area contributed by atoms with Gasteiger partial charge in [0.2, 0.25) is 0 Å². The van der Waals surface area contributed by atoms with E-state index in [9.17, 15) is 0 Å². The van der Waals surface area contributed by atoms with Crippen LogP contribution in [0.2, 0.25) is 0 Å². The molecule has 1 aromatic carbocycles. The van der Waals surface area contributed by atoms with Gasteiger partial charge in [-0.1, -0.05) is 29.8 Å². The van der Waals surface area contributed by atoms with Crippen molar-refractivity contribution >= 4 is 15.9 Å². The van der Waals surface area contributed by atoms with E-state index < -0.39 is 0 Å². The first kappa shape index (κ1) is 15.2. The third-order valence-electron chi connectivity index (χ3n) is 3.52. The van der Waals surface area contributed by atoms with Gasteiger partial charge in [-0.2, -0.15) is 0 Å². The molecule has 0 radical (unpaired) electrons. The lowest BCUT2D eigenvalue weighted by molar-refractivity contribution is 0.515. The minimum absolute atomic E-state index is 0.462. The number of halogens is 1. The van der Waals surface area contributed by atoms with Crippen LogP contribution < -0.4 is 5.32 Å². The summed E-state index contributed by atoms with van der Waals surface area (Å²) < 4.78 is 1.03. The lowest BCUT2D eigenvalue weighted by atomic mass is 10.0. The van der Waals surface area contributed by atoms with Gasteiger partial charge in [0.05, 0.1) is 0 Å². The molecule has 0 saturated heterocycles. The summed E-state index contributed by atoms with van der Waals surface area (Å²) >= 11 is 3.42. The van der Waals surface area contributed by atoms with Crippen LogP contribution in [0.25, 0.3) is 0 Å². The van der Waals surface area contributed by atoms with Crippen LogP contribution in [0.15, 0.2) is 47.1 Å². The maximum absolute atomic E-state index is 4.45. The first-order valence-electron chi connectivity index (χ1n) is 7.00. The number of rotatable bonds is 6. The zero-order valence-electron chi connectivity index (χ0n) is 12.1. The molecule has 2 nitrogen and oxygen atoms in total. The third-order valence-corrected chi connectivity index (χ3v) is 3.99. The SMILES string of the molecule is CNC(CCc1cccc(C)c1)Cc1ccc(Br)cn1. The normalized spacial score (nSPS) is 12.3. The molecule has 106 valence electrons. The summed E-state index contributed by atoms with van der Waals surface area (Å²) in [7, 11) is 2.03. The van der Waals surface area contributed by atoms with Gasteiger partial charge in [0.15, 0.2) is 0 Å². The van der Waals surface area contributed by atoms with E-state index in [0.717, 1.165) is 29.4 Å². The Kier molecular flexibility index (Phi) is 5.74. The Balaban J connectivity index is 1.90. The Bertz CT molecular complexity index is 537. The fraction of sp³-hybridized carbons (Fsp3) is 0.353. The monoisotopic (exact) mass is 332 g/mol. The molecule has 1 N–H and O–H groups in total. The maximum Gasteiger partial charge on any atom is 0.0419 e. The van der Waals surface area contributed by atoms with E-state index in [-0.39, 0.29) is 0 Å². The second-order valence-electron chi connectivity index (χ2n) is 5.19. The number of hydrogen-bond acceptors (Lipinski definition) is 2. The fourth-order valence-electron chi connectivity index (χ4n) is 2.34. The molecular weight excluding hydrogens is 312 g/mol. The molecule has 2 rings (SSSR count). The largest absolute Gasteiger partial charge is 0.317 e. The smallest absolute Gasteiger partial charge is 0.0419 e. The van der Waals surface area contributed by atoms with Gasteiger partial charge in [-0.25, -0.2) is 0 Å². The quantitative estimate of drug-likeness (QED) is 0.867. The van der Waals surface area contributed by atoms with Gasteiger partial charge in [0.1, 0.15) is 0 Å². The summed E-state index contributed by atoms with van der Waals surface area (Å²) in [5.74, 6) is 0. The molecule has 1 atom stereocenters. The molecule has 0 bridgehead atoms. The maximum atomic E-state index is 4.45. The van der Waals surface area contributed by atoms with Gasteiger partial charge >= 0.3 is 0 Å². The molecule has 0 spiro atoms. The summed E-state index contributed by atoms with van der Waals surface area (Å²) in [4.78, 5) is 4.45. The van der Waals surface area contributed by atoms with Gasteiger partial charge in [-0.05, 0) is 60.4 Å². The molecule has 0 amide bonds. The van der Waals surface area contributed by atoms with Crippen molar-refractivity contribution in [3.8, 4) is 0 Å². The minimum atomic E-state index is 0.462. The van der Waals surface area contributed by atoms with E-state index in [4.69, 9.17) is 0 Å². The van der Waals surface area contributed by atoms with Crippen molar-refractivity contribution in [1.29, 1.82) is 0 Å². The molecular formula is C17H21BrN2. The van der Waals surface area contributed by atoms with Gasteiger partial charge < -0.3 is 5.32 Å². The number of aromatic nitrogens is 1. The Morgan fingerprint density at radius 3 is 2.75 bits per heavy atom. The Morgan fingerprint density at radius 1 is 1.25 bits per heavy atom. The number of nitrogens with zero attached hydrogens (tertiary/aromatic N) is 1. The molecule has 20 heavy (non-hydrogen) atoms. The van der Waals surface area contributed by atoms with Gasteiger partial charge in [0.25, 0.3) is 0 Å². The summed E-state index contributed by atoms with van der Waals surface area (Å²) in [6.07, 6.45) is 5.06. The Labute approximate surface area is 129 Å². The van der Waals surface area contributed by atoms with E-state index in [0.29, 0.717) is 6.04 Å². The van der Waals surface area contributed by atoms with Gasteiger partial charge in [-0.3, -0.25) is 4.98 Å². The lowest BCUT2D eigenvalue weighted by Gasteiger charge is -2.16. The van der Waals surface area contributed by atoms with Crippen LogP contribution in [-0.4, -0.2) is 18.1 Å². The van der Waals surface area contributed by atoms with Crippen molar-refractivity contribution in [2.45, 2.75) is 32.2 Å². The molecule has 3 heteroatoms. The number of pyridine rings is 1. The topological polar surface area (TPSA) is 24.9 Å². The Hall–Kier alpha value is -1.19. The molecule has 0 aliphatic rings. The summed E-state index contributed by atoms with van der Waals surface area (Å²) in [6.45, 7) is 2.14. The predicted molar refractivity (Wildman–Crippen MR) is 88.0 cm³/mol. The second kappa shape index (κ2) is 7.55. The molecule has 0 aliphatic carbocycles. The predicted octanol–water partition coefficient (Wildman–Crippen LogP) is 3.92. The van der Waals surface area contributed by atoms with Crippen LogP contribution in [-0.2, 0) is 12.8 Å². The first-order chi connectivity index (χ1) is 9.67. The number of hydrogen-bond donors (Lipinski definition) is 1. The summed E-state index contributed by atoms with van der Waals surface area (Å²) in [5, 5.41) is 3.40. The number of nitrogens with one attached hydrogen (secondary N) is 1. The molecule has 1 unspecified atom stereocenters. The standard InChI is InChI=1S/C17H21BrN2/c1-13-4-3-5-14(10-13)6-8-16(19-2)11-17-9-7-15(18)12-20-17/h3-5,7,9-10,12,16,19H,6,8,11H2,1-2H3. The lowest BCUT2D eigenvalue weighted by Crippen LogP contribution is -2.28. The van der Waals surface area contributed by atoms with Crippen molar-refractivity contribution in [2.24, 2.45) is 0 Å². The number of aryl methyl sites for hydroxylation is 2. The Morgan fingerprint density at radius 2 is 2.10 bits per heavy atom. The van der Waals surface area contributed by atoms with E-state index in [1.165, 1.54) is 11.1 Å². The van der Waals surface area contributed by atoms with E-state index in [1.807, 2.05) is 13.2 Å². The van der Waals surface area contributed by atoms with Gasteiger partial charge in [0, 0.05) is 28.8 Å².